The van der Waals surface area contributed by atoms with Crippen LogP contribution in [0.4, 0.5) is 0 Å². The Hall–Kier alpha value is -1.26. The van der Waals surface area contributed by atoms with Crippen LogP contribution in [0.15, 0.2) is 41.3 Å². The molecule has 6 heteroatoms. The molecule has 2 atom stereocenters. The Labute approximate surface area is 216 Å². The molecule has 0 aliphatic rings. The Kier molecular flexibility index (Phi) is 9.42. The van der Waals surface area contributed by atoms with Crippen molar-refractivity contribution in [2.24, 2.45) is 0 Å². The molecule has 0 bridgehead atoms. The first-order chi connectivity index (χ1) is 15.9. The van der Waals surface area contributed by atoms with Crippen LogP contribution in [0.5, 0.6) is 0 Å². The quantitative estimate of drug-likeness (QED) is 0.290. The summed E-state index contributed by atoms with van der Waals surface area (Å²) in [4.78, 5) is 0.174. The van der Waals surface area contributed by atoms with Crippen LogP contribution >= 0.6 is 8.58 Å². The molecular formula is C29H45O4PS. The molecule has 0 spiro atoms. The van der Waals surface area contributed by atoms with Gasteiger partial charge in [-0.2, -0.15) is 8.42 Å². The largest absolute Gasteiger partial charge is 0.382 e. The Morgan fingerprint density at radius 2 is 1.31 bits per heavy atom. The van der Waals surface area contributed by atoms with Crippen LogP contribution in [-0.4, -0.2) is 34.4 Å². The molecule has 4 nitrogen and oxygen atoms in total. The fourth-order valence-corrected chi connectivity index (χ4v) is 7.00. The summed E-state index contributed by atoms with van der Waals surface area (Å²) in [6.45, 7) is 22.4. The molecule has 0 amide bonds. The standard InChI is InChI=1S/C29H45O4PS/c1-20-12-14-23(15-13-20)35(30,31)33-22(18-32-11)19-34-26-24(28(5,6)7)16-21(27(2,3)4)17-25(26)29(8,9)10/h12-17,22,34H,18-19H2,1-11H3/t22-/m0/s1. The normalized spacial score (nSPS) is 14.6. The molecule has 35 heavy (non-hydrogen) atoms. The predicted molar refractivity (Wildman–Crippen MR) is 150 cm³/mol. The van der Waals surface area contributed by atoms with Gasteiger partial charge in [-0.1, -0.05) is 101 Å². The summed E-state index contributed by atoms with van der Waals surface area (Å²) in [6, 6.07) is 11.5. The predicted octanol–water partition coefficient (Wildman–Crippen LogP) is 6.61. The number of rotatable bonds is 8. The van der Waals surface area contributed by atoms with E-state index in [0.29, 0.717) is 14.7 Å². The highest BCUT2D eigenvalue weighted by atomic mass is 32.2. The number of ether oxygens (including phenoxy) is 1. The molecule has 0 fully saturated rings. The van der Waals surface area contributed by atoms with Gasteiger partial charge in [0.15, 0.2) is 0 Å². The van der Waals surface area contributed by atoms with E-state index in [9.17, 15) is 8.42 Å². The topological polar surface area (TPSA) is 52.6 Å². The van der Waals surface area contributed by atoms with Crippen molar-refractivity contribution in [3.8, 4) is 0 Å². The summed E-state index contributed by atoms with van der Waals surface area (Å²) in [7, 11) is -1.91. The number of hydrogen-bond acceptors (Lipinski definition) is 4. The maximum atomic E-state index is 13.0. The van der Waals surface area contributed by atoms with Crippen molar-refractivity contribution in [1.82, 2.24) is 0 Å². The van der Waals surface area contributed by atoms with E-state index in [2.05, 4.69) is 74.4 Å². The van der Waals surface area contributed by atoms with Crippen LogP contribution in [0.1, 0.15) is 84.6 Å². The van der Waals surface area contributed by atoms with E-state index in [1.54, 1.807) is 31.4 Å². The van der Waals surface area contributed by atoms with Crippen LogP contribution in [0.2, 0.25) is 0 Å². The number of methoxy groups -OCH3 is 1. The van der Waals surface area contributed by atoms with Crippen molar-refractivity contribution in [2.75, 3.05) is 19.9 Å². The molecule has 0 aliphatic carbocycles. The summed E-state index contributed by atoms with van der Waals surface area (Å²) in [5.74, 6) is 0. The van der Waals surface area contributed by atoms with E-state index < -0.39 is 16.2 Å². The Morgan fingerprint density at radius 3 is 1.71 bits per heavy atom. The molecule has 1 unspecified atom stereocenters. The highest BCUT2D eigenvalue weighted by Gasteiger charge is 2.30. The van der Waals surface area contributed by atoms with E-state index in [0.717, 1.165) is 5.56 Å². The van der Waals surface area contributed by atoms with Gasteiger partial charge in [-0.3, -0.25) is 4.18 Å². The van der Waals surface area contributed by atoms with Gasteiger partial charge in [0, 0.05) is 7.11 Å². The third kappa shape index (κ3) is 8.12. The number of hydrogen-bond donors (Lipinski definition) is 0. The first-order valence-electron chi connectivity index (χ1n) is 12.3. The Balaban J connectivity index is 2.48. The number of aryl methyl sites for hydroxylation is 1. The lowest BCUT2D eigenvalue weighted by atomic mass is 9.75. The van der Waals surface area contributed by atoms with Crippen molar-refractivity contribution in [2.45, 2.75) is 96.5 Å². The molecule has 0 aliphatic heterocycles. The lowest BCUT2D eigenvalue weighted by Crippen LogP contribution is -2.32. The first kappa shape index (κ1) is 30.0. The zero-order valence-electron chi connectivity index (χ0n) is 23.5. The van der Waals surface area contributed by atoms with Gasteiger partial charge in [0.1, 0.15) is 6.10 Å². The van der Waals surface area contributed by atoms with Crippen molar-refractivity contribution in [3.63, 3.8) is 0 Å². The van der Waals surface area contributed by atoms with Gasteiger partial charge < -0.3 is 4.74 Å². The third-order valence-corrected chi connectivity index (χ3v) is 8.98. The van der Waals surface area contributed by atoms with Gasteiger partial charge in [-0.15, -0.1) is 0 Å². The van der Waals surface area contributed by atoms with Gasteiger partial charge >= 0.3 is 0 Å². The minimum Gasteiger partial charge on any atom is -0.382 e. The van der Waals surface area contributed by atoms with Gasteiger partial charge in [0.25, 0.3) is 10.1 Å². The maximum absolute atomic E-state index is 13.0. The van der Waals surface area contributed by atoms with Gasteiger partial charge in [0.2, 0.25) is 0 Å². The highest BCUT2D eigenvalue weighted by molar-refractivity contribution is 7.86. The molecule has 0 saturated carbocycles. The first-order valence-corrected chi connectivity index (χ1v) is 14.9. The Morgan fingerprint density at radius 1 is 0.829 bits per heavy atom. The lowest BCUT2D eigenvalue weighted by molar-refractivity contribution is 0.0985. The smallest absolute Gasteiger partial charge is 0.297 e. The zero-order valence-corrected chi connectivity index (χ0v) is 25.3. The second kappa shape index (κ2) is 11.0. The van der Waals surface area contributed by atoms with E-state index in [1.165, 1.54) is 22.0 Å². The Bertz CT molecular complexity index is 1060. The van der Waals surface area contributed by atoms with Crippen molar-refractivity contribution < 1.29 is 17.3 Å². The average molecular weight is 521 g/mol. The molecule has 0 saturated heterocycles. The second-order valence-electron chi connectivity index (χ2n) is 12.5. The third-order valence-electron chi connectivity index (χ3n) is 6.05. The van der Waals surface area contributed by atoms with E-state index in [4.69, 9.17) is 8.92 Å². The van der Waals surface area contributed by atoms with Gasteiger partial charge in [-0.05, 0) is 63.5 Å². The molecule has 2 aromatic carbocycles. The van der Waals surface area contributed by atoms with Crippen molar-refractivity contribution in [1.29, 1.82) is 0 Å². The molecule has 0 heterocycles. The van der Waals surface area contributed by atoms with E-state index in [-0.39, 0.29) is 27.7 Å². The van der Waals surface area contributed by atoms with E-state index >= 15 is 0 Å². The summed E-state index contributed by atoms with van der Waals surface area (Å²) >= 11 is 0. The van der Waals surface area contributed by atoms with Crippen LogP contribution in [0.3, 0.4) is 0 Å². The molecule has 0 radical (unpaired) electrons. The molecular weight excluding hydrogens is 475 g/mol. The second-order valence-corrected chi connectivity index (χ2v) is 15.4. The summed E-state index contributed by atoms with van der Waals surface area (Å²) in [5, 5.41) is 1.32. The highest BCUT2D eigenvalue weighted by Crippen LogP contribution is 2.37. The molecule has 196 valence electrons. The lowest BCUT2D eigenvalue weighted by Gasteiger charge is -2.34. The average Bonchev–Trinajstić information content (AvgIpc) is 2.69. The molecule has 2 rings (SSSR count). The molecule has 0 N–H and O–H groups in total. The molecule has 2 aromatic rings. The summed E-state index contributed by atoms with van der Waals surface area (Å²) in [6.07, 6.45) is 0.00696. The van der Waals surface area contributed by atoms with E-state index in [1.807, 2.05) is 6.92 Å². The fraction of sp³-hybridized carbons (Fsp3) is 0.586. The molecule has 0 aromatic heterocycles. The van der Waals surface area contributed by atoms with Gasteiger partial charge in [-0.25, -0.2) is 0 Å². The minimum absolute atomic E-state index is 0.0332. The van der Waals surface area contributed by atoms with Crippen LogP contribution in [0, 0.1) is 6.92 Å². The van der Waals surface area contributed by atoms with Crippen molar-refractivity contribution >= 4 is 24.0 Å². The van der Waals surface area contributed by atoms with Crippen molar-refractivity contribution in [3.05, 3.63) is 58.7 Å². The fourth-order valence-electron chi connectivity index (χ4n) is 3.91. The number of benzene rings is 2. The van der Waals surface area contributed by atoms with Crippen LogP contribution in [0.25, 0.3) is 0 Å². The summed E-state index contributed by atoms with van der Waals surface area (Å²) in [5.41, 5.74) is 4.92. The minimum atomic E-state index is -3.88. The summed E-state index contributed by atoms with van der Waals surface area (Å²) < 4.78 is 37.0. The van der Waals surface area contributed by atoms with Crippen LogP contribution in [-0.2, 0) is 35.3 Å². The maximum Gasteiger partial charge on any atom is 0.297 e. The SMILES string of the molecule is COC[C@@H](CPc1c(C(C)(C)C)cc(C(C)(C)C)cc1C(C)(C)C)OS(=O)(=O)c1ccc(C)cc1. The zero-order chi connectivity index (χ0) is 26.8. The van der Waals surface area contributed by atoms with Gasteiger partial charge in [0.05, 0.1) is 11.5 Å². The van der Waals surface area contributed by atoms with Crippen LogP contribution < -0.4 is 5.30 Å². The monoisotopic (exact) mass is 520 g/mol.